The number of hydrogen-bond acceptors (Lipinski definition) is 3. The molecule has 108 valence electrons. The molecule has 2 rings (SSSR count). The van der Waals surface area contributed by atoms with Gasteiger partial charge in [-0.3, -0.25) is 4.79 Å². The lowest BCUT2D eigenvalue weighted by molar-refractivity contribution is -0.127. The van der Waals surface area contributed by atoms with E-state index in [1.807, 2.05) is 0 Å². The zero-order chi connectivity index (χ0) is 15.1. The van der Waals surface area contributed by atoms with E-state index in [1.165, 1.54) is 0 Å². The van der Waals surface area contributed by atoms with Crippen LogP contribution in [0.3, 0.4) is 0 Å². The third-order valence-electron chi connectivity index (χ3n) is 4.05. The van der Waals surface area contributed by atoms with Gasteiger partial charge < -0.3 is 9.90 Å². The SMILES string of the molecule is C[C@@]1(O)CC(C#C[Si](C)(C)C)C2=C1C[C@@H](C=O)C(=O)C2. The molecular weight excluding hydrogens is 268 g/mol. The fourth-order valence-electron chi connectivity index (χ4n) is 3.00. The Bertz CT molecular complexity index is 540. The monoisotopic (exact) mass is 290 g/mol. The van der Waals surface area contributed by atoms with E-state index in [0.717, 1.165) is 11.1 Å². The van der Waals surface area contributed by atoms with Gasteiger partial charge in [0.1, 0.15) is 20.1 Å². The number of ketones is 1. The summed E-state index contributed by atoms with van der Waals surface area (Å²) in [6.45, 7) is 8.31. The first kappa shape index (κ1) is 15.2. The number of aldehydes is 1. The van der Waals surface area contributed by atoms with Crippen molar-refractivity contribution in [2.24, 2.45) is 11.8 Å². The Morgan fingerprint density at radius 3 is 2.60 bits per heavy atom. The zero-order valence-electron chi connectivity index (χ0n) is 12.6. The minimum absolute atomic E-state index is 0.0247. The van der Waals surface area contributed by atoms with Gasteiger partial charge in [0.05, 0.1) is 11.5 Å². The van der Waals surface area contributed by atoms with E-state index in [0.29, 0.717) is 19.1 Å². The van der Waals surface area contributed by atoms with Crippen LogP contribution in [0.25, 0.3) is 0 Å². The van der Waals surface area contributed by atoms with Gasteiger partial charge in [0, 0.05) is 12.3 Å². The van der Waals surface area contributed by atoms with E-state index in [4.69, 9.17) is 0 Å². The standard InChI is InChI=1S/C16H22O3Si/c1-16(19)9-11(5-6-20(2,3)4)13-8-15(18)12(10-17)7-14(13)16/h10-12,19H,7-9H2,1-4H3/t11?,12-,16+/m0/s1. The number of hydrogen-bond donors (Lipinski definition) is 1. The molecule has 0 aromatic heterocycles. The molecule has 0 radical (unpaired) electrons. The molecule has 0 aromatic carbocycles. The molecular formula is C16H22O3Si. The summed E-state index contributed by atoms with van der Waals surface area (Å²) in [5.74, 6) is 2.65. The second-order valence-corrected chi connectivity index (χ2v) is 11.9. The summed E-state index contributed by atoms with van der Waals surface area (Å²) in [5.41, 5.74) is 4.27. The molecule has 3 atom stereocenters. The minimum atomic E-state index is -1.47. The largest absolute Gasteiger partial charge is 0.386 e. The molecule has 2 aliphatic carbocycles. The van der Waals surface area contributed by atoms with Crippen LogP contribution in [-0.2, 0) is 9.59 Å². The van der Waals surface area contributed by atoms with Gasteiger partial charge in [-0.2, -0.15) is 0 Å². The minimum Gasteiger partial charge on any atom is -0.386 e. The maximum absolute atomic E-state index is 11.9. The molecule has 0 heterocycles. The fourth-order valence-corrected chi connectivity index (χ4v) is 3.61. The van der Waals surface area contributed by atoms with Crippen molar-refractivity contribution < 1.29 is 14.7 Å². The number of aliphatic hydroxyl groups is 1. The van der Waals surface area contributed by atoms with Crippen molar-refractivity contribution in [3.05, 3.63) is 11.1 Å². The van der Waals surface area contributed by atoms with Crippen LogP contribution >= 0.6 is 0 Å². The van der Waals surface area contributed by atoms with Gasteiger partial charge in [0.2, 0.25) is 0 Å². The van der Waals surface area contributed by atoms with Gasteiger partial charge in [-0.1, -0.05) is 19.6 Å². The molecule has 0 saturated heterocycles. The van der Waals surface area contributed by atoms with Gasteiger partial charge in [-0.15, -0.1) is 11.5 Å². The van der Waals surface area contributed by atoms with Crippen LogP contribution in [0.5, 0.6) is 0 Å². The van der Waals surface area contributed by atoms with Crippen LogP contribution < -0.4 is 0 Å². The highest BCUT2D eigenvalue weighted by atomic mass is 28.3. The van der Waals surface area contributed by atoms with E-state index in [9.17, 15) is 14.7 Å². The van der Waals surface area contributed by atoms with Crippen molar-refractivity contribution in [1.29, 1.82) is 0 Å². The predicted octanol–water partition coefficient (Wildman–Crippen LogP) is 2.11. The highest BCUT2D eigenvalue weighted by Crippen LogP contribution is 2.46. The van der Waals surface area contributed by atoms with Crippen molar-refractivity contribution in [3.8, 4) is 11.5 Å². The average Bonchev–Trinajstić information content (AvgIpc) is 2.56. The van der Waals surface area contributed by atoms with Crippen molar-refractivity contribution in [3.63, 3.8) is 0 Å². The summed E-state index contributed by atoms with van der Waals surface area (Å²) in [6, 6.07) is 0. The number of carbonyl (C=O) groups is 2. The highest BCUT2D eigenvalue weighted by molar-refractivity contribution is 6.83. The van der Waals surface area contributed by atoms with E-state index in [1.54, 1.807) is 6.92 Å². The fraction of sp³-hybridized carbons (Fsp3) is 0.625. The number of carbonyl (C=O) groups excluding carboxylic acids is 2. The van der Waals surface area contributed by atoms with Gasteiger partial charge in [0.15, 0.2) is 0 Å². The van der Waals surface area contributed by atoms with Crippen LogP contribution in [0.15, 0.2) is 11.1 Å². The Kier molecular flexibility index (Phi) is 3.79. The Labute approximate surface area is 121 Å². The lowest BCUT2D eigenvalue weighted by Gasteiger charge is -2.26. The summed E-state index contributed by atoms with van der Waals surface area (Å²) in [6.07, 6.45) is 1.91. The van der Waals surface area contributed by atoms with Gasteiger partial charge in [0.25, 0.3) is 0 Å². The molecule has 1 N–H and O–H groups in total. The quantitative estimate of drug-likeness (QED) is 0.264. The van der Waals surface area contributed by atoms with E-state index in [2.05, 4.69) is 31.1 Å². The van der Waals surface area contributed by atoms with Crippen LogP contribution in [0, 0.1) is 23.3 Å². The smallest absolute Gasteiger partial charge is 0.147 e. The molecule has 2 aliphatic rings. The molecule has 3 nitrogen and oxygen atoms in total. The summed E-state index contributed by atoms with van der Waals surface area (Å²) in [5, 5.41) is 10.5. The van der Waals surface area contributed by atoms with Gasteiger partial charge in [-0.25, -0.2) is 0 Å². The molecule has 1 unspecified atom stereocenters. The summed E-state index contributed by atoms with van der Waals surface area (Å²) in [7, 11) is -1.47. The molecule has 0 saturated carbocycles. The Morgan fingerprint density at radius 1 is 1.40 bits per heavy atom. The summed E-state index contributed by atoms with van der Waals surface area (Å²) >= 11 is 0. The van der Waals surface area contributed by atoms with E-state index in [-0.39, 0.29) is 18.1 Å². The molecule has 4 heteroatoms. The number of rotatable bonds is 1. The molecule has 0 spiro atoms. The zero-order valence-corrected chi connectivity index (χ0v) is 13.6. The first-order chi connectivity index (χ1) is 9.14. The average molecular weight is 290 g/mol. The van der Waals surface area contributed by atoms with Crippen molar-refractivity contribution in [2.45, 2.75) is 51.4 Å². The van der Waals surface area contributed by atoms with Crippen LogP contribution in [0.2, 0.25) is 19.6 Å². The molecule has 0 aromatic rings. The van der Waals surface area contributed by atoms with Gasteiger partial charge >= 0.3 is 0 Å². The Balaban J connectivity index is 2.36. The third-order valence-corrected chi connectivity index (χ3v) is 4.94. The van der Waals surface area contributed by atoms with Crippen molar-refractivity contribution in [1.82, 2.24) is 0 Å². The van der Waals surface area contributed by atoms with Crippen molar-refractivity contribution >= 4 is 20.1 Å². The van der Waals surface area contributed by atoms with E-state index < -0.39 is 19.6 Å². The highest BCUT2D eigenvalue weighted by Gasteiger charge is 2.45. The van der Waals surface area contributed by atoms with Gasteiger partial charge in [-0.05, 0) is 30.9 Å². The second-order valence-electron chi connectivity index (χ2n) is 7.14. The van der Waals surface area contributed by atoms with Crippen LogP contribution in [0.1, 0.15) is 26.2 Å². The first-order valence-electron chi connectivity index (χ1n) is 7.09. The van der Waals surface area contributed by atoms with Crippen LogP contribution in [0.4, 0.5) is 0 Å². The summed E-state index contributed by atoms with van der Waals surface area (Å²) < 4.78 is 0. The topological polar surface area (TPSA) is 54.4 Å². The molecule has 0 fully saturated rings. The third kappa shape index (κ3) is 2.94. The second kappa shape index (κ2) is 4.98. The lowest BCUT2D eigenvalue weighted by atomic mass is 9.80. The Hall–Kier alpha value is -1.18. The summed E-state index contributed by atoms with van der Waals surface area (Å²) in [4.78, 5) is 22.9. The molecule has 20 heavy (non-hydrogen) atoms. The first-order valence-corrected chi connectivity index (χ1v) is 10.6. The number of allylic oxidation sites excluding steroid dienone is 1. The van der Waals surface area contributed by atoms with E-state index >= 15 is 0 Å². The maximum Gasteiger partial charge on any atom is 0.147 e. The maximum atomic E-state index is 11.9. The molecule has 0 amide bonds. The number of Topliss-reactive ketones (excluding diaryl/α,β-unsaturated/α-hetero) is 1. The lowest BCUT2D eigenvalue weighted by Crippen LogP contribution is -2.30. The molecule has 0 bridgehead atoms. The van der Waals surface area contributed by atoms with Crippen molar-refractivity contribution in [2.75, 3.05) is 0 Å². The predicted molar refractivity (Wildman–Crippen MR) is 80.7 cm³/mol. The normalized spacial score (nSPS) is 33.5. The van der Waals surface area contributed by atoms with Crippen LogP contribution in [-0.4, -0.2) is 30.9 Å². The Morgan fingerprint density at radius 2 is 2.05 bits per heavy atom. The molecule has 0 aliphatic heterocycles.